The van der Waals surface area contributed by atoms with Crippen molar-refractivity contribution >= 4 is 38.9 Å². The van der Waals surface area contributed by atoms with Crippen molar-refractivity contribution in [3.8, 4) is 0 Å². The third-order valence-electron chi connectivity index (χ3n) is 2.70. The predicted octanol–water partition coefficient (Wildman–Crippen LogP) is 4.85. The monoisotopic (exact) mass is 347 g/mol. The van der Waals surface area contributed by atoms with E-state index in [1.54, 1.807) is 23.5 Å². The Labute approximate surface area is 123 Å². The molecule has 1 aromatic heterocycles. The van der Waals surface area contributed by atoms with E-state index in [2.05, 4.69) is 15.9 Å². The number of thiophene rings is 1. The van der Waals surface area contributed by atoms with Crippen molar-refractivity contribution in [1.82, 2.24) is 0 Å². The SMILES string of the molecule is Cc1csc(C(N)Cc2ccc(F)c(Br)c2)c1Cl. The molecule has 1 atom stereocenters. The molecule has 0 fully saturated rings. The topological polar surface area (TPSA) is 26.0 Å². The second-order valence-corrected chi connectivity index (χ2v) is 6.30. The van der Waals surface area contributed by atoms with Crippen LogP contribution < -0.4 is 5.73 Å². The zero-order valence-corrected chi connectivity index (χ0v) is 12.9. The predicted molar refractivity (Wildman–Crippen MR) is 78.8 cm³/mol. The molecule has 1 unspecified atom stereocenters. The summed E-state index contributed by atoms with van der Waals surface area (Å²) in [5.74, 6) is -0.266. The van der Waals surface area contributed by atoms with E-state index in [1.807, 2.05) is 12.3 Å². The summed E-state index contributed by atoms with van der Waals surface area (Å²) in [4.78, 5) is 0.981. The maximum atomic E-state index is 13.1. The molecule has 2 N–H and O–H groups in total. The molecule has 0 radical (unpaired) electrons. The highest BCUT2D eigenvalue weighted by molar-refractivity contribution is 9.10. The van der Waals surface area contributed by atoms with E-state index in [-0.39, 0.29) is 11.9 Å². The van der Waals surface area contributed by atoms with Gasteiger partial charge in [0.15, 0.2) is 0 Å². The average molecular weight is 349 g/mol. The molecule has 18 heavy (non-hydrogen) atoms. The van der Waals surface area contributed by atoms with E-state index >= 15 is 0 Å². The fraction of sp³-hybridized carbons (Fsp3) is 0.231. The molecule has 1 aromatic carbocycles. The van der Waals surface area contributed by atoms with Crippen molar-refractivity contribution in [3.63, 3.8) is 0 Å². The maximum absolute atomic E-state index is 13.1. The van der Waals surface area contributed by atoms with E-state index < -0.39 is 0 Å². The van der Waals surface area contributed by atoms with Gasteiger partial charge in [-0.25, -0.2) is 4.39 Å². The maximum Gasteiger partial charge on any atom is 0.137 e. The van der Waals surface area contributed by atoms with Gasteiger partial charge < -0.3 is 5.73 Å². The van der Waals surface area contributed by atoms with E-state index in [0.717, 1.165) is 21.0 Å². The first-order valence-electron chi connectivity index (χ1n) is 5.42. The van der Waals surface area contributed by atoms with Crippen LogP contribution in [0.2, 0.25) is 5.02 Å². The second kappa shape index (κ2) is 5.70. The lowest BCUT2D eigenvalue weighted by Gasteiger charge is -2.11. The zero-order chi connectivity index (χ0) is 13.3. The molecular formula is C13H12BrClFNS. The van der Waals surface area contributed by atoms with Crippen LogP contribution in [-0.4, -0.2) is 0 Å². The van der Waals surface area contributed by atoms with Crippen LogP contribution in [0, 0.1) is 12.7 Å². The van der Waals surface area contributed by atoms with Gasteiger partial charge in [0, 0.05) is 10.9 Å². The van der Waals surface area contributed by atoms with Gasteiger partial charge in [0.2, 0.25) is 0 Å². The van der Waals surface area contributed by atoms with Crippen LogP contribution in [0.5, 0.6) is 0 Å². The number of nitrogens with two attached hydrogens (primary N) is 1. The first kappa shape index (κ1) is 14.0. The van der Waals surface area contributed by atoms with Gasteiger partial charge in [-0.3, -0.25) is 0 Å². The summed E-state index contributed by atoms with van der Waals surface area (Å²) in [6.45, 7) is 1.96. The first-order chi connectivity index (χ1) is 8.49. The Morgan fingerprint density at radius 2 is 2.22 bits per heavy atom. The lowest BCUT2D eigenvalue weighted by molar-refractivity contribution is 0.619. The lowest BCUT2D eigenvalue weighted by Crippen LogP contribution is -2.12. The Kier molecular flexibility index (Phi) is 4.43. The van der Waals surface area contributed by atoms with Gasteiger partial charge in [0.1, 0.15) is 5.82 Å². The fourth-order valence-electron chi connectivity index (χ4n) is 1.71. The minimum atomic E-state index is -0.266. The molecule has 0 amide bonds. The number of halogens is 3. The van der Waals surface area contributed by atoms with Crippen molar-refractivity contribution in [1.29, 1.82) is 0 Å². The van der Waals surface area contributed by atoms with Crippen LogP contribution >= 0.6 is 38.9 Å². The van der Waals surface area contributed by atoms with Crippen molar-refractivity contribution in [2.45, 2.75) is 19.4 Å². The summed E-state index contributed by atoms with van der Waals surface area (Å²) >= 11 is 10.9. The molecule has 2 aromatic rings. The third-order valence-corrected chi connectivity index (χ3v) is 5.16. The van der Waals surface area contributed by atoms with E-state index in [4.69, 9.17) is 17.3 Å². The van der Waals surface area contributed by atoms with Crippen LogP contribution in [0.15, 0.2) is 28.1 Å². The van der Waals surface area contributed by atoms with Gasteiger partial charge in [-0.2, -0.15) is 0 Å². The second-order valence-electron chi connectivity index (χ2n) is 4.16. The number of aryl methyl sites for hydroxylation is 1. The summed E-state index contributed by atoms with van der Waals surface area (Å²) in [6, 6.07) is 4.78. The van der Waals surface area contributed by atoms with Crippen molar-refractivity contribution < 1.29 is 4.39 Å². The van der Waals surface area contributed by atoms with Gasteiger partial charge in [-0.1, -0.05) is 17.7 Å². The molecule has 2 rings (SSSR count). The largest absolute Gasteiger partial charge is 0.323 e. The third kappa shape index (κ3) is 2.94. The smallest absolute Gasteiger partial charge is 0.137 e. The van der Waals surface area contributed by atoms with Crippen LogP contribution in [-0.2, 0) is 6.42 Å². The van der Waals surface area contributed by atoms with Gasteiger partial charge in [0.25, 0.3) is 0 Å². The lowest BCUT2D eigenvalue weighted by atomic mass is 10.1. The standard InChI is InChI=1S/C13H12BrClFNS/c1-7-6-18-13(12(7)15)11(17)5-8-2-3-10(16)9(14)4-8/h2-4,6,11H,5,17H2,1H3. The van der Waals surface area contributed by atoms with Crippen LogP contribution in [0.25, 0.3) is 0 Å². The molecule has 0 aliphatic heterocycles. The molecule has 0 saturated heterocycles. The van der Waals surface area contributed by atoms with Gasteiger partial charge in [0.05, 0.1) is 9.50 Å². The van der Waals surface area contributed by atoms with Crippen molar-refractivity contribution in [3.05, 3.63) is 54.9 Å². The van der Waals surface area contributed by atoms with E-state index in [1.165, 1.54) is 6.07 Å². The Hall–Kier alpha value is -0.420. The molecular weight excluding hydrogens is 337 g/mol. The Morgan fingerprint density at radius 1 is 1.50 bits per heavy atom. The Morgan fingerprint density at radius 3 is 2.78 bits per heavy atom. The number of hydrogen-bond acceptors (Lipinski definition) is 2. The minimum absolute atomic E-state index is 0.159. The van der Waals surface area contributed by atoms with E-state index in [9.17, 15) is 4.39 Å². The Balaban J connectivity index is 2.18. The molecule has 1 heterocycles. The zero-order valence-electron chi connectivity index (χ0n) is 9.71. The van der Waals surface area contributed by atoms with Crippen LogP contribution in [0.3, 0.4) is 0 Å². The minimum Gasteiger partial charge on any atom is -0.323 e. The number of hydrogen-bond donors (Lipinski definition) is 1. The highest BCUT2D eigenvalue weighted by Gasteiger charge is 2.15. The van der Waals surface area contributed by atoms with Crippen LogP contribution in [0.4, 0.5) is 4.39 Å². The van der Waals surface area contributed by atoms with Crippen molar-refractivity contribution in [2.75, 3.05) is 0 Å². The van der Waals surface area contributed by atoms with E-state index in [0.29, 0.717) is 10.9 Å². The van der Waals surface area contributed by atoms with Crippen molar-refractivity contribution in [2.24, 2.45) is 5.73 Å². The average Bonchev–Trinajstić information content (AvgIpc) is 2.65. The molecule has 0 spiro atoms. The molecule has 0 bridgehead atoms. The Bertz CT molecular complexity index is 570. The molecule has 0 saturated carbocycles. The summed E-state index contributed by atoms with van der Waals surface area (Å²) in [5.41, 5.74) is 8.18. The fourth-order valence-corrected chi connectivity index (χ4v) is 3.48. The molecule has 0 aliphatic rings. The molecule has 5 heteroatoms. The summed E-state index contributed by atoms with van der Waals surface area (Å²) in [5, 5.41) is 2.74. The normalized spacial score (nSPS) is 12.7. The quantitative estimate of drug-likeness (QED) is 0.842. The number of benzene rings is 1. The summed E-state index contributed by atoms with van der Waals surface area (Å²) in [7, 11) is 0. The van der Waals surface area contributed by atoms with Gasteiger partial charge in [-0.15, -0.1) is 11.3 Å². The van der Waals surface area contributed by atoms with Gasteiger partial charge >= 0.3 is 0 Å². The first-order valence-corrected chi connectivity index (χ1v) is 7.47. The highest BCUT2D eigenvalue weighted by atomic mass is 79.9. The van der Waals surface area contributed by atoms with Crippen LogP contribution in [0.1, 0.15) is 22.0 Å². The summed E-state index contributed by atoms with van der Waals surface area (Å²) < 4.78 is 13.6. The molecule has 1 nitrogen and oxygen atoms in total. The number of rotatable bonds is 3. The van der Waals surface area contributed by atoms with Gasteiger partial charge in [-0.05, 0) is 57.9 Å². The summed E-state index contributed by atoms with van der Waals surface area (Å²) in [6.07, 6.45) is 0.637. The molecule has 96 valence electrons. The molecule has 0 aliphatic carbocycles. The highest BCUT2D eigenvalue weighted by Crippen LogP contribution is 2.33.